The summed E-state index contributed by atoms with van der Waals surface area (Å²) in [5.74, 6) is -1.66. The molecular formula is C15H20Cl2O4. The van der Waals surface area contributed by atoms with E-state index in [-0.39, 0.29) is 5.41 Å². The molecule has 4 aliphatic carbocycles. The van der Waals surface area contributed by atoms with Gasteiger partial charge < -0.3 is 10.2 Å². The van der Waals surface area contributed by atoms with Gasteiger partial charge in [0.2, 0.25) is 0 Å². The minimum atomic E-state index is -1.00. The number of carboxylic acids is 2. The maximum Gasteiger partial charge on any atom is 0.322 e. The van der Waals surface area contributed by atoms with Crippen molar-refractivity contribution in [2.45, 2.75) is 56.2 Å². The minimum Gasteiger partial charge on any atom is -0.480 e. The van der Waals surface area contributed by atoms with Gasteiger partial charge in [0, 0.05) is 0 Å². The summed E-state index contributed by atoms with van der Waals surface area (Å²) in [4.78, 5) is 22.9. The van der Waals surface area contributed by atoms with Crippen molar-refractivity contribution in [1.29, 1.82) is 0 Å². The lowest BCUT2D eigenvalue weighted by atomic mass is 9.38. The third kappa shape index (κ3) is 2.17. The van der Waals surface area contributed by atoms with E-state index in [4.69, 9.17) is 23.2 Å². The first kappa shape index (κ1) is 15.4. The topological polar surface area (TPSA) is 74.6 Å². The van der Waals surface area contributed by atoms with Gasteiger partial charge in [0.1, 0.15) is 10.8 Å². The molecule has 4 rings (SSSR count). The lowest BCUT2D eigenvalue weighted by Crippen LogP contribution is -2.62. The molecule has 4 bridgehead atoms. The number of hydrogen-bond donors (Lipinski definition) is 2. The Hall–Kier alpha value is -0.480. The Balaban J connectivity index is 2.03. The molecule has 0 aromatic rings. The Morgan fingerprint density at radius 2 is 1.38 bits per heavy atom. The second-order valence-electron chi connectivity index (χ2n) is 7.95. The van der Waals surface area contributed by atoms with Crippen LogP contribution in [-0.4, -0.2) is 32.9 Å². The molecule has 4 nitrogen and oxygen atoms in total. The Labute approximate surface area is 133 Å². The Bertz CT molecular complexity index is 470. The highest BCUT2D eigenvalue weighted by atomic mass is 35.5. The fourth-order valence-corrected chi connectivity index (χ4v) is 6.66. The average molecular weight is 335 g/mol. The first-order valence-corrected chi connectivity index (χ1v) is 8.23. The maximum atomic E-state index is 11.4. The van der Waals surface area contributed by atoms with Crippen LogP contribution < -0.4 is 0 Å². The second kappa shape index (κ2) is 4.51. The van der Waals surface area contributed by atoms with Gasteiger partial charge in [-0.25, -0.2) is 0 Å². The highest BCUT2D eigenvalue weighted by Crippen LogP contribution is 2.72. The lowest BCUT2D eigenvalue weighted by Gasteiger charge is -2.67. The smallest absolute Gasteiger partial charge is 0.322 e. The molecule has 0 spiro atoms. The number of aliphatic carboxylic acids is 2. The number of rotatable bonds is 4. The van der Waals surface area contributed by atoms with Crippen LogP contribution in [0.5, 0.6) is 0 Å². The summed E-state index contributed by atoms with van der Waals surface area (Å²) in [6.45, 7) is 2.14. The molecule has 6 atom stereocenters. The van der Waals surface area contributed by atoms with Crippen molar-refractivity contribution >= 4 is 35.1 Å². The largest absolute Gasteiger partial charge is 0.480 e. The maximum absolute atomic E-state index is 11.4. The summed E-state index contributed by atoms with van der Waals surface area (Å²) in [6.07, 6.45) is 4.65. The van der Waals surface area contributed by atoms with Crippen molar-refractivity contribution in [2.24, 2.45) is 22.2 Å². The van der Waals surface area contributed by atoms with E-state index in [2.05, 4.69) is 6.92 Å². The lowest BCUT2D eigenvalue weighted by molar-refractivity contribution is -0.173. The first-order chi connectivity index (χ1) is 9.61. The van der Waals surface area contributed by atoms with E-state index in [0.717, 1.165) is 32.1 Å². The van der Waals surface area contributed by atoms with Gasteiger partial charge in [-0.2, -0.15) is 0 Å². The van der Waals surface area contributed by atoms with Gasteiger partial charge in [0.25, 0.3) is 0 Å². The fraction of sp³-hybridized carbons (Fsp3) is 0.867. The van der Waals surface area contributed by atoms with Crippen molar-refractivity contribution in [3.63, 3.8) is 0 Å². The van der Waals surface area contributed by atoms with E-state index < -0.39 is 33.5 Å². The van der Waals surface area contributed by atoms with Crippen molar-refractivity contribution < 1.29 is 19.8 Å². The van der Waals surface area contributed by atoms with Crippen molar-refractivity contribution in [3.05, 3.63) is 0 Å². The van der Waals surface area contributed by atoms with E-state index in [9.17, 15) is 19.8 Å². The van der Waals surface area contributed by atoms with Gasteiger partial charge >= 0.3 is 11.9 Å². The van der Waals surface area contributed by atoms with Crippen molar-refractivity contribution in [1.82, 2.24) is 0 Å². The quantitative estimate of drug-likeness (QED) is 0.773. The monoisotopic (exact) mass is 334 g/mol. The molecule has 2 unspecified atom stereocenters. The van der Waals surface area contributed by atoms with Crippen LogP contribution in [0.3, 0.4) is 0 Å². The molecule has 21 heavy (non-hydrogen) atoms. The molecular weight excluding hydrogens is 315 g/mol. The third-order valence-electron chi connectivity index (χ3n) is 5.94. The van der Waals surface area contributed by atoms with Crippen LogP contribution in [-0.2, 0) is 9.59 Å². The van der Waals surface area contributed by atoms with Crippen LogP contribution in [0.25, 0.3) is 0 Å². The zero-order chi connectivity index (χ0) is 15.6. The van der Waals surface area contributed by atoms with Gasteiger partial charge in [-0.15, -0.1) is 23.2 Å². The molecule has 4 aliphatic rings. The van der Waals surface area contributed by atoms with Gasteiger partial charge in [0.15, 0.2) is 0 Å². The van der Waals surface area contributed by atoms with Crippen LogP contribution in [0.2, 0.25) is 0 Å². The van der Waals surface area contributed by atoms with E-state index in [1.54, 1.807) is 0 Å². The summed E-state index contributed by atoms with van der Waals surface area (Å²) in [5.41, 5.74) is -1.06. The van der Waals surface area contributed by atoms with Crippen molar-refractivity contribution in [2.75, 3.05) is 0 Å². The standard InChI is InChI=1S/C15H20Cl2O4/c1-13-2-8-3-14(5-13,9(16)11(18)19)7-15(4-8,6-13)10(17)12(20)21/h8-10H,2-7H2,1H3,(H,18,19)(H,20,21)/t8?,9-,10-,13?,14-,15+/m1/s1. The number of carbonyl (C=O) groups is 2. The van der Waals surface area contributed by atoms with Crippen LogP contribution in [0, 0.1) is 22.2 Å². The normalized spacial score (nSPS) is 47.1. The van der Waals surface area contributed by atoms with Crippen LogP contribution in [0.1, 0.15) is 45.4 Å². The molecule has 118 valence electrons. The highest BCUT2D eigenvalue weighted by molar-refractivity contribution is 6.31. The number of halogens is 2. The molecule has 4 fully saturated rings. The van der Waals surface area contributed by atoms with Crippen LogP contribution in [0.4, 0.5) is 0 Å². The molecule has 4 saturated carbocycles. The van der Waals surface area contributed by atoms with E-state index in [0.29, 0.717) is 12.3 Å². The first-order valence-electron chi connectivity index (χ1n) is 7.35. The molecule has 0 aromatic carbocycles. The third-order valence-corrected chi connectivity index (χ3v) is 7.24. The average Bonchev–Trinajstić information content (AvgIpc) is 2.33. The zero-order valence-corrected chi connectivity index (χ0v) is 13.5. The molecule has 2 N–H and O–H groups in total. The van der Waals surface area contributed by atoms with E-state index >= 15 is 0 Å². The van der Waals surface area contributed by atoms with Gasteiger partial charge in [-0.3, -0.25) is 9.59 Å². The minimum absolute atomic E-state index is 0.0371. The summed E-state index contributed by atoms with van der Waals surface area (Å²) in [6, 6.07) is 0. The van der Waals surface area contributed by atoms with Crippen LogP contribution >= 0.6 is 23.2 Å². The summed E-state index contributed by atoms with van der Waals surface area (Å²) < 4.78 is 0. The fourth-order valence-electron chi connectivity index (χ4n) is 6.17. The van der Waals surface area contributed by atoms with Crippen LogP contribution in [0.15, 0.2) is 0 Å². The summed E-state index contributed by atoms with van der Waals surface area (Å²) in [5, 5.41) is 16.8. The van der Waals surface area contributed by atoms with Gasteiger partial charge in [-0.05, 0) is 60.7 Å². The number of hydrogen-bond acceptors (Lipinski definition) is 2. The predicted molar refractivity (Wildman–Crippen MR) is 78.7 cm³/mol. The van der Waals surface area contributed by atoms with E-state index in [1.807, 2.05) is 0 Å². The number of carboxylic acid groups (broad SMARTS) is 2. The molecule has 0 amide bonds. The van der Waals surface area contributed by atoms with Crippen molar-refractivity contribution in [3.8, 4) is 0 Å². The van der Waals surface area contributed by atoms with Gasteiger partial charge in [-0.1, -0.05) is 6.92 Å². The molecule has 0 radical (unpaired) electrons. The molecule has 6 heteroatoms. The molecule has 0 saturated heterocycles. The molecule has 0 aliphatic heterocycles. The zero-order valence-electron chi connectivity index (χ0n) is 11.9. The van der Waals surface area contributed by atoms with E-state index in [1.165, 1.54) is 0 Å². The molecule has 0 heterocycles. The summed E-state index contributed by atoms with van der Waals surface area (Å²) >= 11 is 12.5. The van der Waals surface area contributed by atoms with Gasteiger partial charge in [0.05, 0.1) is 0 Å². The Kier molecular flexibility index (Phi) is 3.31. The molecule has 0 aromatic heterocycles. The Morgan fingerprint density at radius 1 is 0.952 bits per heavy atom. The Morgan fingerprint density at radius 3 is 1.71 bits per heavy atom. The predicted octanol–water partition coefficient (Wildman–Crippen LogP) is 3.35. The second-order valence-corrected chi connectivity index (χ2v) is 8.82. The number of alkyl halides is 2. The highest BCUT2D eigenvalue weighted by Gasteiger charge is 2.67. The SMILES string of the molecule is CC12CC3C[C@]([C@H](Cl)C(=O)O)(C1)C[C@@]([C@H](Cl)C(=O)O)(C3)C2. The summed E-state index contributed by atoms with van der Waals surface area (Å²) in [7, 11) is 0.